The van der Waals surface area contributed by atoms with Crippen LogP contribution in [0.3, 0.4) is 0 Å². The number of carbonyl (C=O) groups excluding carboxylic acids is 3. The topological polar surface area (TPSA) is 111 Å². The maximum absolute atomic E-state index is 12.9. The summed E-state index contributed by atoms with van der Waals surface area (Å²) in [6.07, 6.45) is 3.00. The molecule has 3 rings (SSSR count). The van der Waals surface area contributed by atoms with Crippen molar-refractivity contribution in [1.29, 1.82) is 0 Å². The lowest BCUT2D eigenvalue weighted by molar-refractivity contribution is 0.0928. The lowest BCUT2D eigenvalue weighted by Gasteiger charge is -2.15. The van der Waals surface area contributed by atoms with Gasteiger partial charge < -0.3 is 24.6 Å². The van der Waals surface area contributed by atoms with E-state index in [0.29, 0.717) is 63.1 Å². The van der Waals surface area contributed by atoms with Gasteiger partial charge in [0, 0.05) is 70.5 Å². The summed E-state index contributed by atoms with van der Waals surface area (Å²) in [5.74, 6) is -0.217. The minimum atomic E-state index is -0.534. The molecule has 0 fully saturated rings. The maximum atomic E-state index is 12.9. The zero-order chi connectivity index (χ0) is 26.6. The van der Waals surface area contributed by atoms with Crippen LogP contribution in [0, 0.1) is 0 Å². The molecule has 1 amide bonds. The van der Waals surface area contributed by atoms with Crippen LogP contribution in [0.2, 0.25) is 0 Å². The first kappa shape index (κ1) is 28.5. The number of Topliss-reactive ketones (excluding diaryl/α,β-unsaturated/α-hetero) is 2. The molecule has 1 atom stereocenters. The molecule has 2 aromatic carbocycles. The van der Waals surface area contributed by atoms with Crippen molar-refractivity contribution < 1.29 is 33.7 Å². The summed E-state index contributed by atoms with van der Waals surface area (Å²) in [6.45, 7) is 1.86. The van der Waals surface area contributed by atoms with Crippen LogP contribution in [0.1, 0.15) is 76.3 Å². The molecule has 0 spiro atoms. The van der Waals surface area contributed by atoms with Crippen molar-refractivity contribution in [2.45, 2.75) is 44.4 Å². The quantitative estimate of drug-likeness (QED) is 0.252. The molecular weight excluding hydrogens is 474 g/mol. The lowest BCUT2D eigenvalue weighted by atomic mass is 9.93. The van der Waals surface area contributed by atoms with E-state index < -0.39 is 6.09 Å². The van der Waals surface area contributed by atoms with Gasteiger partial charge >= 0.3 is 6.09 Å². The lowest BCUT2D eigenvalue weighted by Crippen LogP contribution is -2.22. The Labute approximate surface area is 218 Å². The standard InChI is InChI=1S/C29H37NO7/c1-30-29(34)37-19-26-24-17-20(27(32)7-5-14-35-2)9-11-22(24)23-12-10-21(18-25(23)26)28(33)8-6-16-36-15-4-3-13-31/h9-12,17-18,26,31H,3-8,13-16,19H2,1-2H3,(H,30,34). The fourth-order valence-electron chi connectivity index (χ4n) is 4.54. The number of nitrogens with one attached hydrogen (secondary N) is 1. The Morgan fingerprint density at radius 2 is 1.41 bits per heavy atom. The largest absolute Gasteiger partial charge is 0.449 e. The second-order valence-electron chi connectivity index (χ2n) is 9.09. The third-order valence-electron chi connectivity index (χ3n) is 6.51. The van der Waals surface area contributed by atoms with Gasteiger partial charge in [-0.05, 0) is 60.1 Å². The average Bonchev–Trinajstić information content (AvgIpc) is 3.23. The minimum Gasteiger partial charge on any atom is -0.449 e. The van der Waals surface area contributed by atoms with Gasteiger partial charge in [-0.1, -0.05) is 24.3 Å². The molecule has 0 heterocycles. The van der Waals surface area contributed by atoms with Gasteiger partial charge in [0.25, 0.3) is 0 Å². The molecule has 0 aromatic heterocycles. The first-order chi connectivity index (χ1) is 18.0. The molecule has 1 unspecified atom stereocenters. The predicted octanol–water partition coefficient (Wildman–Crippen LogP) is 4.52. The number of hydrogen-bond donors (Lipinski definition) is 2. The van der Waals surface area contributed by atoms with E-state index in [0.717, 1.165) is 28.7 Å². The number of aliphatic hydroxyl groups excluding tert-OH is 1. The van der Waals surface area contributed by atoms with Crippen LogP contribution in [-0.4, -0.2) is 70.0 Å². The molecule has 200 valence electrons. The van der Waals surface area contributed by atoms with Crippen molar-refractivity contribution in [2.24, 2.45) is 0 Å². The van der Waals surface area contributed by atoms with Crippen LogP contribution >= 0.6 is 0 Å². The third kappa shape index (κ3) is 7.71. The molecule has 1 aliphatic rings. The number of benzene rings is 2. The molecular formula is C29H37NO7. The first-order valence-corrected chi connectivity index (χ1v) is 12.9. The normalized spacial score (nSPS) is 13.6. The molecule has 2 N–H and O–H groups in total. The Bertz CT molecular complexity index is 1080. The van der Waals surface area contributed by atoms with E-state index in [2.05, 4.69) is 5.32 Å². The number of alkyl carbamates (subject to hydrolysis) is 1. The van der Waals surface area contributed by atoms with E-state index in [9.17, 15) is 14.4 Å². The van der Waals surface area contributed by atoms with E-state index in [1.54, 1.807) is 7.11 Å². The summed E-state index contributed by atoms with van der Waals surface area (Å²) in [5, 5.41) is 11.3. The summed E-state index contributed by atoms with van der Waals surface area (Å²) in [4.78, 5) is 37.5. The Morgan fingerprint density at radius 1 is 0.838 bits per heavy atom. The smallest absolute Gasteiger partial charge is 0.406 e. The fourth-order valence-corrected chi connectivity index (χ4v) is 4.54. The highest BCUT2D eigenvalue weighted by atomic mass is 16.5. The Balaban J connectivity index is 1.76. The average molecular weight is 512 g/mol. The third-order valence-corrected chi connectivity index (χ3v) is 6.51. The summed E-state index contributed by atoms with van der Waals surface area (Å²) < 4.78 is 16.0. The van der Waals surface area contributed by atoms with E-state index in [-0.39, 0.29) is 30.7 Å². The molecule has 0 bridgehead atoms. The number of rotatable bonds is 16. The van der Waals surface area contributed by atoms with Crippen molar-refractivity contribution in [2.75, 3.05) is 47.2 Å². The van der Waals surface area contributed by atoms with Gasteiger partial charge in [0.05, 0.1) is 0 Å². The van der Waals surface area contributed by atoms with E-state index in [1.165, 1.54) is 7.05 Å². The second-order valence-corrected chi connectivity index (χ2v) is 9.09. The van der Waals surface area contributed by atoms with Gasteiger partial charge in [0.15, 0.2) is 11.6 Å². The van der Waals surface area contributed by atoms with E-state index >= 15 is 0 Å². The zero-order valence-corrected chi connectivity index (χ0v) is 21.7. The van der Waals surface area contributed by atoms with E-state index in [4.69, 9.17) is 19.3 Å². The number of amides is 1. The Kier molecular flexibility index (Phi) is 11.3. The van der Waals surface area contributed by atoms with Gasteiger partial charge in [0.1, 0.15) is 6.61 Å². The number of ether oxygens (including phenoxy) is 3. The second kappa shape index (κ2) is 14.6. The molecule has 0 radical (unpaired) electrons. The van der Waals surface area contributed by atoms with E-state index in [1.807, 2.05) is 36.4 Å². The molecule has 37 heavy (non-hydrogen) atoms. The fraction of sp³-hybridized carbons (Fsp3) is 0.483. The highest BCUT2D eigenvalue weighted by molar-refractivity contribution is 5.99. The van der Waals surface area contributed by atoms with Gasteiger partial charge in [-0.2, -0.15) is 0 Å². The van der Waals surface area contributed by atoms with Crippen LogP contribution in [0.15, 0.2) is 36.4 Å². The summed E-state index contributed by atoms with van der Waals surface area (Å²) in [6, 6.07) is 11.3. The summed E-state index contributed by atoms with van der Waals surface area (Å²) in [7, 11) is 3.12. The summed E-state index contributed by atoms with van der Waals surface area (Å²) >= 11 is 0. The predicted molar refractivity (Wildman–Crippen MR) is 140 cm³/mol. The molecule has 0 saturated carbocycles. The Morgan fingerprint density at radius 3 is 1.95 bits per heavy atom. The highest BCUT2D eigenvalue weighted by Crippen LogP contribution is 2.46. The van der Waals surface area contributed by atoms with Crippen LogP contribution in [0.4, 0.5) is 4.79 Å². The van der Waals surface area contributed by atoms with Crippen LogP contribution in [0.25, 0.3) is 11.1 Å². The van der Waals surface area contributed by atoms with Crippen molar-refractivity contribution in [1.82, 2.24) is 5.32 Å². The number of methoxy groups -OCH3 is 1. The monoisotopic (exact) mass is 511 g/mol. The van der Waals surface area contributed by atoms with Crippen molar-refractivity contribution in [3.05, 3.63) is 58.7 Å². The molecule has 0 saturated heterocycles. The van der Waals surface area contributed by atoms with Crippen molar-refractivity contribution in [3.63, 3.8) is 0 Å². The minimum absolute atomic E-state index is 0.0256. The summed E-state index contributed by atoms with van der Waals surface area (Å²) in [5.41, 5.74) is 4.99. The zero-order valence-electron chi connectivity index (χ0n) is 21.7. The SMILES string of the molecule is CNC(=O)OCC1c2cc(C(=O)CCCOC)ccc2-c2ccc(C(=O)CCCOCCCCO)cc21. The van der Waals surface area contributed by atoms with Crippen LogP contribution in [0.5, 0.6) is 0 Å². The van der Waals surface area contributed by atoms with Crippen LogP contribution < -0.4 is 5.32 Å². The van der Waals surface area contributed by atoms with Gasteiger partial charge in [-0.25, -0.2) is 4.79 Å². The van der Waals surface area contributed by atoms with Gasteiger partial charge in [-0.3, -0.25) is 9.59 Å². The number of fused-ring (bicyclic) bond motifs is 3. The number of unbranched alkanes of at least 4 members (excludes halogenated alkanes) is 1. The van der Waals surface area contributed by atoms with Crippen LogP contribution in [-0.2, 0) is 14.2 Å². The highest BCUT2D eigenvalue weighted by Gasteiger charge is 2.31. The van der Waals surface area contributed by atoms with Gasteiger partial charge in [-0.15, -0.1) is 0 Å². The molecule has 0 aliphatic heterocycles. The van der Waals surface area contributed by atoms with Crippen molar-refractivity contribution >= 4 is 17.7 Å². The molecule has 8 nitrogen and oxygen atoms in total. The molecule has 2 aromatic rings. The number of aliphatic hydroxyl groups is 1. The Hall–Kier alpha value is -3.07. The number of ketones is 2. The number of hydrogen-bond acceptors (Lipinski definition) is 7. The number of carbonyl (C=O) groups is 3. The molecule has 1 aliphatic carbocycles. The van der Waals surface area contributed by atoms with Gasteiger partial charge in [0.2, 0.25) is 0 Å². The maximum Gasteiger partial charge on any atom is 0.406 e. The molecule has 8 heteroatoms. The first-order valence-electron chi connectivity index (χ1n) is 12.9. The van der Waals surface area contributed by atoms with Crippen molar-refractivity contribution in [3.8, 4) is 11.1 Å².